The minimum absolute atomic E-state index is 0.0489. The van der Waals surface area contributed by atoms with Gasteiger partial charge in [0.05, 0.1) is 5.25 Å². The van der Waals surface area contributed by atoms with Gasteiger partial charge in [-0.25, -0.2) is 14.8 Å². The molecule has 0 aromatic carbocycles. The van der Waals surface area contributed by atoms with Crippen LogP contribution in [-0.2, 0) is 4.79 Å². The number of amides is 1. The van der Waals surface area contributed by atoms with Crippen molar-refractivity contribution >= 4 is 34.5 Å². The molecule has 1 unspecified atom stereocenters. The van der Waals surface area contributed by atoms with E-state index in [0.29, 0.717) is 28.1 Å². The Kier molecular flexibility index (Phi) is 4.49. The molecule has 156 valence electrons. The fourth-order valence-corrected chi connectivity index (χ4v) is 4.24. The van der Waals surface area contributed by atoms with Crippen LogP contribution in [0.4, 0.5) is 5.82 Å². The monoisotopic (exact) mass is 428 g/mol. The van der Waals surface area contributed by atoms with E-state index in [1.165, 1.54) is 11.8 Å². The predicted molar refractivity (Wildman–Crippen MR) is 110 cm³/mol. The number of aromatic nitrogens is 5. The lowest BCUT2D eigenvalue weighted by Crippen LogP contribution is -2.31. The maximum atomic E-state index is 12.7. The van der Waals surface area contributed by atoms with Crippen molar-refractivity contribution in [1.82, 2.24) is 24.7 Å². The molecule has 0 bridgehead atoms. The number of fused-ring (bicyclic) bond motifs is 1. The number of anilines is 1. The fraction of sp³-hybridized carbons (Fsp3) is 0.474. The first-order valence-corrected chi connectivity index (χ1v) is 10.8. The summed E-state index contributed by atoms with van der Waals surface area (Å²) in [5.74, 6) is 1.49. The number of carbonyl (C=O) groups excluding carboxylic acids is 1. The average molecular weight is 428 g/mol. The van der Waals surface area contributed by atoms with Gasteiger partial charge >= 0.3 is 5.69 Å². The molecule has 11 heteroatoms. The zero-order chi connectivity index (χ0) is 21.0. The van der Waals surface area contributed by atoms with Crippen LogP contribution in [0, 0.1) is 6.92 Å². The second kappa shape index (κ2) is 7.08. The van der Waals surface area contributed by atoms with Crippen LogP contribution >= 0.6 is 11.8 Å². The van der Waals surface area contributed by atoms with Gasteiger partial charge in [-0.3, -0.25) is 19.1 Å². The van der Waals surface area contributed by atoms with Crippen molar-refractivity contribution in [2.75, 3.05) is 5.32 Å². The summed E-state index contributed by atoms with van der Waals surface area (Å²) in [6.07, 6.45) is 3.71. The molecule has 2 fully saturated rings. The van der Waals surface area contributed by atoms with Crippen LogP contribution in [0.25, 0.3) is 11.0 Å². The summed E-state index contributed by atoms with van der Waals surface area (Å²) in [5, 5.41) is 6.57. The van der Waals surface area contributed by atoms with Crippen molar-refractivity contribution < 1.29 is 9.32 Å². The third kappa shape index (κ3) is 3.53. The molecule has 2 saturated carbocycles. The van der Waals surface area contributed by atoms with E-state index in [1.54, 1.807) is 24.5 Å². The zero-order valence-electron chi connectivity index (χ0n) is 16.5. The van der Waals surface area contributed by atoms with Crippen molar-refractivity contribution in [3.8, 4) is 0 Å². The molecule has 0 spiro atoms. The number of H-pyrrole nitrogens is 1. The number of hydrogen-bond acceptors (Lipinski definition) is 8. The van der Waals surface area contributed by atoms with Gasteiger partial charge in [-0.15, -0.1) is 0 Å². The maximum absolute atomic E-state index is 12.7. The van der Waals surface area contributed by atoms with Crippen LogP contribution in [0.2, 0.25) is 0 Å². The van der Waals surface area contributed by atoms with E-state index in [1.807, 2.05) is 0 Å². The Bertz CT molecular complexity index is 1270. The highest BCUT2D eigenvalue weighted by Gasteiger charge is 2.33. The van der Waals surface area contributed by atoms with Crippen LogP contribution < -0.4 is 16.6 Å². The van der Waals surface area contributed by atoms with Crippen molar-refractivity contribution in [3.63, 3.8) is 0 Å². The van der Waals surface area contributed by atoms with Crippen molar-refractivity contribution in [3.05, 3.63) is 38.5 Å². The number of thioether (sulfide) groups is 1. The van der Waals surface area contributed by atoms with Gasteiger partial charge in [-0.05, 0) is 39.5 Å². The zero-order valence-corrected chi connectivity index (χ0v) is 17.3. The summed E-state index contributed by atoms with van der Waals surface area (Å²) >= 11 is 1.17. The molecule has 2 N–H and O–H groups in total. The van der Waals surface area contributed by atoms with E-state index in [2.05, 4.69) is 25.4 Å². The molecule has 10 nitrogen and oxygen atoms in total. The van der Waals surface area contributed by atoms with Crippen LogP contribution in [0.1, 0.15) is 56.2 Å². The largest absolute Gasteiger partial charge is 0.360 e. The average Bonchev–Trinajstić information content (AvgIpc) is 3.60. The molecular formula is C19H20N6O4S. The Hall–Kier alpha value is -2.95. The highest BCUT2D eigenvalue weighted by molar-refractivity contribution is 8.00. The Labute approximate surface area is 174 Å². The second-order valence-electron chi connectivity index (χ2n) is 7.79. The van der Waals surface area contributed by atoms with Crippen LogP contribution in [0.3, 0.4) is 0 Å². The summed E-state index contributed by atoms with van der Waals surface area (Å²) in [5.41, 5.74) is -0.611. The summed E-state index contributed by atoms with van der Waals surface area (Å²) in [7, 11) is 0. The SMILES string of the molecule is Cc1cc(NC(=O)C(C)Sc2nc(C3CC3)nc3c2c(=O)[nH]c(=O)n3C2CC2)no1. The van der Waals surface area contributed by atoms with E-state index in [9.17, 15) is 14.4 Å². The molecule has 2 aliphatic carbocycles. The first-order valence-electron chi connectivity index (χ1n) is 9.88. The van der Waals surface area contributed by atoms with E-state index < -0.39 is 16.5 Å². The topological polar surface area (TPSA) is 136 Å². The lowest BCUT2D eigenvalue weighted by Gasteiger charge is -2.14. The van der Waals surface area contributed by atoms with E-state index in [-0.39, 0.29) is 23.3 Å². The third-order valence-corrected chi connectivity index (χ3v) is 6.25. The van der Waals surface area contributed by atoms with Crippen LogP contribution in [0.15, 0.2) is 25.2 Å². The van der Waals surface area contributed by atoms with E-state index in [0.717, 1.165) is 25.7 Å². The van der Waals surface area contributed by atoms with Gasteiger partial charge in [-0.2, -0.15) is 0 Å². The lowest BCUT2D eigenvalue weighted by molar-refractivity contribution is -0.115. The van der Waals surface area contributed by atoms with Gasteiger partial charge in [0.1, 0.15) is 22.0 Å². The number of nitrogens with one attached hydrogen (secondary N) is 2. The molecule has 30 heavy (non-hydrogen) atoms. The highest BCUT2D eigenvalue weighted by atomic mass is 32.2. The lowest BCUT2D eigenvalue weighted by atomic mass is 10.3. The Balaban J connectivity index is 1.54. The van der Waals surface area contributed by atoms with Crippen LogP contribution in [-0.4, -0.2) is 35.8 Å². The van der Waals surface area contributed by atoms with Gasteiger partial charge in [0.15, 0.2) is 11.5 Å². The minimum atomic E-state index is -0.562. The second-order valence-corrected chi connectivity index (χ2v) is 9.12. The number of rotatable bonds is 6. The van der Waals surface area contributed by atoms with Gasteiger partial charge in [-0.1, -0.05) is 16.9 Å². The van der Waals surface area contributed by atoms with Crippen molar-refractivity contribution in [1.29, 1.82) is 0 Å². The third-order valence-electron chi connectivity index (χ3n) is 5.16. The highest BCUT2D eigenvalue weighted by Crippen LogP contribution is 2.41. The number of hydrogen-bond donors (Lipinski definition) is 2. The molecule has 3 aromatic heterocycles. The molecule has 0 radical (unpaired) electrons. The van der Waals surface area contributed by atoms with E-state index >= 15 is 0 Å². The number of aromatic amines is 1. The van der Waals surface area contributed by atoms with Gasteiger partial charge in [0.2, 0.25) is 5.91 Å². The van der Waals surface area contributed by atoms with Crippen LogP contribution in [0.5, 0.6) is 0 Å². The summed E-state index contributed by atoms with van der Waals surface area (Å²) in [4.78, 5) is 49.3. The Morgan fingerprint density at radius 2 is 2.07 bits per heavy atom. The first kappa shape index (κ1) is 19.0. The predicted octanol–water partition coefficient (Wildman–Crippen LogP) is 2.11. The quantitative estimate of drug-likeness (QED) is 0.450. The van der Waals surface area contributed by atoms with Gasteiger partial charge < -0.3 is 9.84 Å². The molecule has 0 aliphatic heterocycles. The number of aryl methyl sites for hydroxylation is 1. The Morgan fingerprint density at radius 1 is 1.30 bits per heavy atom. The van der Waals surface area contributed by atoms with E-state index in [4.69, 9.17) is 4.52 Å². The molecule has 1 atom stereocenters. The summed E-state index contributed by atoms with van der Waals surface area (Å²) in [6, 6.07) is 1.67. The van der Waals surface area contributed by atoms with Crippen molar-refractivity contribution in [2.24, 2.45) is 0 Å². The minimum Gasteiger partial charge on any atom is -0.360 e. The smallest absolute Gasteiger partial charge is 0.330 e. The first-order chi connectivity index (χ1) is 14.4. The molecule has 0 saturated heterocycles. The summed E-state index contributed by atoms with van der Waals surface area (Å²) in [6.45, 7) is 3.46. The van der Waals surface area contributed by atoms with Crippen molar-refractivity contribution in [2.45, 2.75) is 61.8 Å². The maximum Gasteiger partial charge on any atom is 0.330 e. The molecule has 3 aromatic rings. The van der Waals surface area contributed by atoms with Gasteiger partial charge in [0.25, 0.3) is 5.56 Å². The molecule has 3 heterocycles. The normalized spacial score (nSPS) is 17.3. The van der Waals surface area contributed by atoms with Gasteiger partial charge in [0, 0.05) is 18.0 Å². The molecular weight excluding hydrogens is 408 g/mol. The molecule has 5 rings (SSSR count). The number of carbonyl (C=O) groups is 1. The standard InChI is InChI=1S/C19H20N6O4S/c1-8-7-12(24-29-8)20-16(26)9(2)30-18-13-15(21-14(22-18)10-3-4-10)25(11-5-6-11)19(28)23-17(13)27/h7,9-11H,3-6H2,1-2H3,(H,20,24,26)(H,23,27,28). The Morgan fingerprint density at radius 3 is 2.70 bits per heavy atom. The fourth-order valence-electron chi connectivity index (χ4n) is 3.29. The summed E-state index contributed by atoms with van der Waals surface area (Å²) < 4.78 is 6.54. The molecule has 2 aliphatic rings. The number of nitrogens with zero attached hydrogens (tertiary/aromatic N) is 4. The molecule has 1 amide bonds.